The van der Waals surface area contributed by atoms with E-state index in [4.69, 9.17) is 17.4 Å². The zero-order valence-electron chi connectivity index (χ0n) is 10.9. The number of halogens is 2. The minimum atomic E-state index is 0.219. The van der Waals surface area contributed by atoms with Gasteiger partial charge in [0.05, 0.1) is 5.02 Å². The van der Waals surface area contributed by atoms with Crippen molar-refractivity contribution in [3.05, 3.63) is 62.7 Å². The molecule has 0 aliphatic rings. The predicted octanol–water partition coefficient (Wildman–Crippen LogP) is 4.11. The van der Waals surface area contributed by atoms with Crippen molar-refractivity contribution in [1.82, 2.24) is 5.43 Å². The number of nitrogens with one attached hydrogen (secondary N) is 1. The fourth-order valence-electron chi connectivity index (χ4n) is 1.82. The molecule has 20 heavy (non-hydrogen) atoms. The van der Waals surface area contributed by atoms with Crippen LogP contribution in [-0.4, -0.2) is 11.8 Å². The summed E-state index contributed by atoms with van der Waals surface area (Å²) in [5.74, 6) is 6.54. The number of benzene rings is 2. The van der Waals surface area contributed by atoms with E-state index in [1.807, 2.05) is 24.3 Å². The van der Waals surface area contributed by atoms with Crippen LogP contribution < -0.4 is 11.3 Å². The van der Waals surface area contributed by atoms with E-state index >= 15 is 0 Å². The van der Waals surface area contributed by atoms with Crippen molar-refractivity contribution in [2.24, 2.45) is 5.84 Å². The summed E-state index contributed by atoms with van der Waals surface area (Å²) in [4.78, 5) is 1.09. The Balaban J connectivity index is 1.92. The van der Waals surface area contributed by atoms with Gasteiger partial charge in [0.1, 0.15) is 0 Å². The summed E-state index contributed by atoms with van der Waals surface area (Å²) >= 11 is 10.2. The van der Waals surface area contributed by atoms with E-state index in [9.17, 15) is 0 Å². The SMILES string of the molecule is NNC(CSc1ccccc1Cl)Cc1ccc(I)cc1. The highest BCUT2D eigenvalue weighted by Gasteiger charge is 2.10. The third-order valence-electron chi connectivity index (χ3n) is 2.91. The van der Waals surface area contributed by atoms with Gasteiger partial charge in [-0.3, -0.25) is 11.3 Å². The van der Waals surface area contributed by atoms with E-state index in [-0.39, 0.29) is 6.04 Å². The summed E-state index contributed by atoms with van der Waals surface area (Å²) in [5, 5.41) is 0.794. The molecule has 0 aliphatic carbocycles. The smallest absolute Gasteiger partial charge is 0.0541 e. The zero-order valence-corrected chi connectivity index (χ0v) is 14.6. The van der Waals surface area contributed by atoms with Gasteiger partial charge in [0.2, 0.25) is 0 Å². The molecule has 0 heterocycles. The van der Waals surface area contributed by atoms with Crippen molar-refractivity contribution in [1.29, 1.82) is 0 Å². The number of nitrogens with two attached hydrogens (primary N) is 1. The molecule has 0 saturated carbocycles. The summed E-state index contributed by atoms with van der Waals surface area (Å²) in [6.07, 6.45) is 0.908. The summed E-state index contributed by atoms with van der Waals surface area (Å²) in [5.41, 5.74) is 4.17. The maximum Gasteiger partial charge on any atom is 0.0541 e. The van der Waals surface area contributed by atoms with Crippen LogP contribution >= 0.6 is 46.0 Å². The molecule has 2 nitrogen and oxygen atoms in total. The molecule has 0 fully saturated rings. The van der Waals surface area contributed by atoms with Crippen LogP contribution in [-0.2, 0) is 6.42 Å². The molecule has 2 aromatic rings. The van der Waals surface area contributed by atoms with E-state index in [1.165, 1.54) is 9.13 Å². The molecular weight excluding hydrogens is 403 g/mol. The molecule has 0 spiro atoms. The lowest BCUT2D eigenvalue weighted by atomic mass is 10.1. The first-order chi connectivity index (χ1) is 9.69. The Morgan fingerprint density at radius 2 is 1.85 bits per heavy atom. The fraction of sp³-hybridized carbons (Fsp3) is 0.200. The van der Waals surface area contributed by atoms with Gasteiger partial charge in [-0.1, -0.05) is 35.9 Å². The molecule has 0 saturated heterocycles. The number of hydrogen-bond donors (Lipinski definition) is 2. The van der Waals surface area contributed by atoms with E-state index in [0.29, 0.717) is 0 Å². The van der Waals surface area contributed by atoms with Crippen molar-refractivity contribution in [3.63, 3.8) is 0 Å². The third-order valence-corrected chi connectivity index (χ3v) is 5.30. The largest absolute Gasteiger partial charge is 0.271 e. The lowest BCUT2D eigenvalue weighted by Crippen LogP contribution is -2.38. The zero-order chi connectivity index (χ0) is 14.4. The van der Waals surface area contributed by atoms with Crippen LogP contribution in [0.3, 0.4) is 0 Å². The molecule has 106 valence electrons. The van der Waals surface area contributed by atoms with Crippen molar-refractivity contribution < 1.29 is 0 Å². The quantitative estimate of drug-likeness (QED) is 0.321. The van der Waals surface area contributed by atoms with Crippen LogP contribution in [0.2, 0.25) is 5.02 Å². The fourth-order valence-corrected chi connectivity index (χ4v) is 3.46. The Kier molecular flexibility index (Phi) is 6.64. The molecule has 5 heteroatoms. The average molecular weight is 419 g/mol. The van der Waals surface area contributed by atoms with E-state index in [1.54, 1.807) is 11.8 Å². The first-order valence-electron chi connectivity index (χ1n) is 6.27. The Bertz CT molecular complexity index is 548. The van der Waals surface area contributed by atoms with E-state index in [0.717, 1.165) is 22.1 Å². The third kappa shape index (κ3) is 4.93. The van der Waals surface area contributed by atoms with Gasteiger partial charge in [-0.2, -0.15) is 0 Å². The predicted molar refractivity (Wildman–Crippen MR) is 96.2 cm³/mol. The molecule has 1 unspecified atom stereocenters. The molecule has 0 aliphatic heterocycles. The summed E-state index contributed by atoms with van der Waals surface area (Å²) < 4.78 is 1.24. The van der Waals surface area contributed by atoms with Gasteiger partial charge >= 0.3 is 0 Å². The minimum absolute atomic E-state index is 0.219. The van der Waals surface area contributed by atoms with Gasteiger partial charge in [0.15, 0.2) is 0 Å². The highest BCUT2D eigenvalue weighted by molar-refractivity contribution is 14.1. The van der Waals surface area contributed by atoms with Gasteiger partial charge in [-0.05, 0) is 58.8 Å². The minimum Gasteiger partial charge on any atom is -0.271 e. The summed E-state index contributed by atoms with van der Waals surface area (Å²) in [6.45, 7) is 0. The van der Waals surface area contributed by atoms with Crippen molar-refractivity contribution in [3.8, 4) is 0 Å². The first-order valence-corrected chi connectivity index (χ1v) is 8.71. The average Bonchev–Trinajstić information content (AvgIpc) is 2.47. The summed E-state index contributed by atoms with van der Waals surface area (Å²) in [7, 11) is 0. The molecule has 0 aromatic heterocycles. The van der Waals surface area contributed by atoms with Crippen LogP contribution in [0.5, 0.6) is 0 Å². The summed E-state index contributed by atoms with van der Waals surface area (Å²) in [6, 6.07) is 16.6. The Labute approximate surface area is 142 Å². The van der Waals surface area contributed by atoms with E-state index in [2.05, 4.69) is 52.3 Å². The Hall–Kier alpha value is -0.270. The highest BCUT2D eigenvalue weighted by atomic mass is 127. The normalized spacial score (nSPS) is 12.3. The van der Waals surface area contributed by atoms with Gasteiger partial charge in [-0.25, -0.2) is 0 Å². The molecule has 2 aromatic carbocycles. The first kappa shape index (κ1) is 16.1. The maximum absolute atomic E-state index is 6.16. The Morgan fingerprint density at radius 1 is 1.15 bits per heavy atom. The number of hydrazine groups is 1. The maximum atomic E-state index is 6.16. The van der Waals surface area contributed by atoms with E-state index < -0.39 is 0 Å². The van der Waals surface area contributed by atoms with Gasteiger partial charge in [0.25, 0.3) is 0 Å². The molecule has 3 N–H and O–H groups in total. The molecule has 1 atom stereocenters. The number of thioether (sulfide) groups is 1. The Morgan fingerprint density at radius 3 is 2.50 bits per heavy atom. The van der Waals surface area contributed by atoms with Gasteiger partial charge in [-0.15, -0.1) is 11.8 Å². The monoisotopic (exact) mass is 418 g/mol. The van der Waals surface area contributed by atoms with Crippen molar-refractivity contribution in [2.45, 2.75) is 17.4 Å². The second-order valence-electron chi connectivity index (χ2n) is 4.44. The van der Waals surface area contributed by atoms with Crippen LogP contribution in [0.25, 0.3) is 0 Å². The second kappa shape index (κ2) is 8.24. The topological polar surface area (TPSA) is 38.0 Å². The van der Waals surface area contributed by atoms with Gasteiger partial charge in [0, 0.05) is 20.3 Å². The highest BCUT2D eigenvalue weighted by Crippen LogP contribution is 2.27. The van der Waals surface area contributed by atoms with Crippen molar-refractivity contribution in [2.75, 3.05) is 5.75 Å². The number of rotatable bonds is 6. The molecular formula is C15H16ClIN2S. The molecule has 0 amide bonds. The molecule has 0 bridgehead atoms. The second-order valence-corrected chi connectivity index (χ2v) is 7.15. The molecule has 0 radical (unpaired) electrons. The lowest BCUT2D eigenvalue weighted by molar-refractivity contribution is 0.575. The number of hydrogen-bond acceptors (Lipinski definition) is 3. The lowest BCUT2D eigenvalue weighted by Gasteiger charge is -2.16. The van der Waals surface area contributed by atoms with Gasteiger partial charge < -0.3 is 0 Å². The van der Waals surface area contributed by atoms with Crippen molar-refractivity contribution >= 4 is 46.0 Å². The van der Waals surface area contributed by atoms with Crippen LogP contribution in [0.15, 0.2) is 53.4 Å². The van der Waals surface area contributed by atoms with Crippen LogP contribution in [0.1, 0.15) is 5.56 Å². The standard InChI is InChI=1S/C15H16ClIN2S/c16-14-3-1-2-4-15(14)20-10-13(19-18)9-11-5-7-12(17)8-6-11/h1-8,13,19H,9-10,18H2. The van der Waals surface area contributed by atoms with Crippen LogP contribution in [0.4, 0.5) is 0 Å². The molecule has 2 rings (SSSR count). The van der Waals surface area contributed by atoms with Crippen LogP contribution in [0, 0.1) is 3.57 Å².